The van der Waals surface area contributed by atoms with Gasteiger partial charge in [-0.3, -0.25) is 19.9 Å². The number of amides is 1. The minimum Gasteiger partial charge on any atom is -0.347 e. The molecule has 1 amide bonds. The van der Waals surface area contributed by atoms with Gasteiger partial charge in [0.1, 0.15) is 11.5 Å². The van der Waals surface area contributed by atoms with Gasteiger partial charge in [-0.2, -0.15) is 5.10 Å². The maximum Gasteiger partial charge on any atom is 0.269 e. The SMILES string of the molecule is O=C(NCc1cccnc1-c1cccnc1)c1cc(-c2ccc(F)cc2)n[nH]1. The lowest BCUT2D eigenvalue weighted by molar-refractivity contribution is 0.0946. The third kappa shape index (κ3) is 3.78. The number of hydrogen-bond acceptors (Lipinski definition) is 4. The lowest BCUT2D eigenvalue weighted by atomic mass is 10.1. The maximum atomic E-state index is 13.1. The van der Waals surface area contributed by atoms with Crippen molar-refractivity contribution < 1.29 is 9.18 Å². The topological polar surface area (TPSA) is 83.6 Å². The fraction of sp³-hybridized carbons (Fsp3) is 0.0476. The van der Waals surface area contributed by atoms with Crippen molar-refractivity contribution >= 4 is 5.91 Å². The molecule has 2 N–H and O–H groups in total. The minimum absolute atomic E-state index is 0.290. The number of aromatic amines is 1. The van der Waals surface area contributed by atoms with Crippen LogP contribution in [0.2, 0.25) is 0 Å². The van der Waals surface area contributed by atoms with Crippen LogP contribution in [0.15, 0.2) is 73.2 Å². The Morgan fingerprint density at radius 2 is 1.86 bits per heavy atom. The first-order chi connectivity index (χ1) is 13.7. The Hall–Kier alpha value is -3.87. The van der Waals surface area contributed by atoms with Crippen LogP contribution in [0.25, 0.3) is 22.5 Å². The Morgan fingerprint density at radius 3 is 2.64 bits per heavy atom. The normalized spacial score (nSPS) is 10.6. The number of pyridine rings is 2. The Labute approximate surface area is 160 Å². The molecule has 0 unspecified atom stereocenters. The summed E-state index contributed by atoms with van der Waals surface area (Å²) in [4.78, 5) is 21.0. The molecule has 0 saturated heterocycles. The highest BCUT2D eigenvalue weighted by Gasteiger charge is 2.13. The van der Waals surface area contributed by atoms with Crippen LogP contribution < -0.4 is 5.32 Å². The molecule has 6 nitrogen and oxygen atoms in total. The van der Waals surface area contributed by atoms with E-state index < -0.39 is 0 Å². The second-order valence-electron chi connectivity index (χ2n) is 6.11. The molecule has 0 fully saturated rings. The van der Waals surface area contributed by atoms with Crippen LogP contribution in [0.1, 0.15) is 16.1 Å². The number of hydrogen-bond donors (Lipinski definition) is 2. The molecule has 1 aromatic carbocycles. The standard InChI is InChI=1S/C21H16FN5O/c22-17-7-5-14(6-8-17)18-11-19(27-26-18)21(28)25-13-16-4-2-10-24-20(16)15-3-1-9-23-12-15/h1-12H,13H2,(H,25,28)(H,26,27). The van der Waals surface area contributed by atoms with E-state index >= 15 is 0 Å². The van der Waals surface area contributed by atoms with E-state index in [2.05, 4.69) is 25.5 Å². The van der Waals surface area contributed by atoms with Gasteiger partial charge in [-0.15, -0.1) is 0 Å². The Kier molecular flexibility index (Phi) is 4.88. The van der Waals surface area contributed by atoms with Gasteiger partial charge in [0.25, 0.3) is 5.91 Å². The number of nitrogens with zero attached hydrogens (tertiary/aromatic N) is 3. The highest BCUT2D eigenvalue weighted by Crippen LogP contribution is 2.20. The van der Waals surface area contributed by atoms with E-state index in [1.54, 1.807) is 36.8 Å². The van der Waals surface area contributed by atoms with Gasteiger partial charge in [-0.25, -0.2) is 4.39 Å². The minimum atomic E-state index is -0.321. The van der Waals surface area contributed by atoms with E-state index in [-0.39, 0.29) is 11.7 Å². The molecule has 0 bridgehead atoms. The van der Waals surface area contributed by atoms with E-state index in [9.17, 15) is 9.18 Å². The zero-order chi connectivity index (χ0) is 19.3. The lowest BCUT2D eigenvalue weighted by Crippen LogP contribution is -2.23. The molecule has 138 valence electrons. The summed E-state index contributed by atoms with van der Waals surface area (Å²) in [6, 6.07) is 15.1. The Bertz CT molecular complexity index is 1090. The number of H-pyrrole nitrogens is 1. The van der Waals surface area contributed by atoms with Crippen molar-refractivity contribution in [2.45, 2.75) is 6.54 Å². The first-order valence-corrected chi connectivity index (χ1v) is 8.64. The lowest BCUT2D eigenvalue weighted by Gasteiger charge is -2.09. The molecule has 0 radical (unpaired) electrons. The fourth-order valence-electron chi connectivity index (χ4n) is 2.82. The van der Waals surface area contributed by atoms with E-state index in [0.29, 0.717) is 17.9 Å². The predicted octanol–water partition coefficient (Wildman–Crippen LogP) is 3.60. The van der Waals surface area contributed by atoms with Crippen molar-refractivity contribution in [2.75, 3.05) is 0 Å². The molecule has 0 saturated carbocycles. The monoisotopic (exact) mass is 373 g/mol. The summed E-state index contributed by atoms with van der Waals surface area (Å²) in [7, 11) is 0. The number of rotatable bonds is 5. The molecular weight excluding hydrogens is 357 g/mol. The number of carbonyl (C=O) groups excluding carboxylic acids is 1. The van der Waals surface area contributed by atoms with Gasteiger partial charge in [0.15, 0.2) is 0 Å². The van der Waals surface area contributed by atoms with Crippen LogP contribution in [0.3, 0.4) is 0 Å². The van der Waals surface area contributed by atoms with Gasteiger partial charge in [-0.1, -0.05) is 6.07 Å². The molecule has 0 atom stereocenters. The van der Waals surface area contributed by atoms with E-state index in [4.69, 9.17) is 0 Å². The molecule has 4 aromatic rings. The molecule has 3 heterocycles. The Morgan fingerprint density at radius 1 is 1.04 bits per heavy atom. The second kappa shape index (κ2) is 7.79. The van der Waals surface area contributed by atoms with Crippen molar-refractivity contribution in [2.24, 2.45) is 0 Å². The van der Waals surface area contributed by atoms with E-state index in [1.165, 1.54) is 12.1 Å². The number of carbonyl (C=O) groups is 1. The quantitative estimate of drug-likeness (QED) is 0.560. The zero-order valence-corrected chi connectivity index (χ0v) is 14.8. The van der Waals surface area contributed by atoms with Gasteiger partial charge < -0.3 is 5.32 Å². The molecule has 7 heteroatoms. The van der Waals surface area contributed by atoms with Gasteiger partial charge in [0.2, 0.25) is 0 Å². The van der Waals surface area contributed by atoms with Crippen LogP contribution in [0.4, 0.5) is 4.39 Å². The first-order valence-electron chi connectivity index (χ1n) is 8.64. The van der Waals surface area contributed by atoms with Crippen molar-refractivity contribution in [3.8, 4) is 22.5 Å². The highest BCUT2D eigenvalue weighted by atomic mass is 19.1. The summed E-state index contributed by atoms with van der Waals surface area (Å²) in [6.07, 6.45) is 5.14. The maximum absolute atomic E-state index is 13.1. The summed E-state index contributed by atoms with van der Waals surface area (Å²) in [5, 5.41) is 9.72. The largest absolute Gasteiger partial charge is 0.347 e. The third-order valence-corrected chi connectivity index (χ3v) is 4.23. The van der Waals surface area contributed by atoms with Gasteiger partial charge in [-0.05, 0) is 54.1 Å². The van der Waals surface area contributed by atoms with E-state index in [0.717, 1.165) is 22.4 Å². The molecule has 3 aromatic heterocycles. The first kappa shape index (κ1) is 17.5. The average molecular weight is 373 g/mol. The summed E-state index contributed by atoms with van der Waals surface area (Å²) < 4.78 is 13.1. The van der Waals surface area contributed by atoms with Crippen LogP contribution >= 0.6 is 0 Å². The fourth-order valence-corrected chi connectivity index (χ4v) is 2.82. The van der Waals surface area contributed by atoms with Crippen LogP contribution in [0.5, 0.6) is 0 Å². The molecule has 4 rings (SSSR count). The Balaban J connectivity index is 1.48. The molecule has 0 aliphatic carbocycles. The van der Waals surface area contributed by atoms with Crippen molar-refractivity contribution in [1.29, 1.82) is 0 Å². The number of halogens is 1. The predicted molar refractivity (Wildman–Crippen MR) is 103 cm³/mol. The van der Waals surface area contributed by atoms with Crippen LogP contribution in [-0.4, -0.2) is 26.1 Å². The van der Waals surface area contributed by atoms with Crippen molar-refractivity contribution in [1.82, 2.24) is 25.5 Å². The molecule has 28 heavy (non-hydrogen) atoms. The summed E-state index contributed by atoms with van der Waals surface area (Å²) in [6.45, 7) is 0.307. The van der Waals surface area contributed by atoms with E-state index in [1.807, 2.05) is 24.3 Å². The van der Waals surface area contributed by atoms with Gasteiger partial charge in [0, 0.05) is 36.3 Å². The number of benzene rings is 1. The summed E-state index contributed by atoms with van der Waals surface area (Å²) >= 11 is 0. The summed E-state index contributed by atoms with van der Waals surface area (Å²) in [5.41, 5.74) is 4.15. The second-order valence-corrected chi connectivity index (χ2v) is 6.11. The number of nitrogens with one attached hydrogen (secondary N) is 2. The molecule has 0 aliphatic heterocycles. The van der Waals surface area contributed by atoms with Crippen LogP contribution in [-0.2, 0) is 6.54 Å². The smallest absolute Gasteiger partial charge is 0.269 e. The van der Waals surface area contributed by atoms with Crippen LogP contribution in [0, 0.1) is 5.82 Å². The van der Waals surface area contributed by atoms with Gasteiger partial charge in [0.05, 0.1) is 11.4 Å². The third-order valence-electron chi connectivity index (χ3n) is 4.23. The summed E-state index contributed by atoms with van der Waals surface area (Å²) in [5.74, 6) is -0.611. The number of aromatic nitrogens is 4. The molecule has 0 aliphatic rings. The average Bonchev–Trinajstić information content (AvgIpc) is 3.24. The molecule has 0 spiro atoms. The molecular formula is C21H16FN5O. The highest BCUT2D eigenvalue weighted by molar-refractivity contribution is 5.93. The van der Waals surface area contributed by atoms with Gasteiger partial charge >= 0.3 is 0 Å². The van der Waals surface area contributed by atoms with Crippen molar-refractivity contribution in [3.63, 3.8) is 0 Å². The zero-order valence-electron chi connectivity index (χ0n) is 14.8. The van der Waals surface area contributed by atoms with Crippen molar-refractivity contribution in [3.05, 3.63) is 90.3 Å².